The Morgan fingerprint density at radius 3 is 2.88 bits per heavy atom. The zero-order chi connectivity index (χ0) is 12.1. The molecule has 0 aliphatic heterocycles. The molecule has 0 radical (unpaired) electrons. The van der Waals surface area contributed by atoms with Crippen molar-refractivity contribution < 1.29 is 4.79 Å². The maximum absolute atomic E-state index is 11.9. The molecule has 1 aromatic rings. The Morgan fingerprint density at radius 1 is 1.56 bits per heavy atom. The van der Waals surface area contributed by atoms with Crippen molar-refractivity contribution in [3.8, 4) is 0 Å². The fourth-order valence-electron chi connectivity index (χ4n) is 1.48. The number of aryl methyl sites for hydroxylation is 1. The third kappa shape index (κ3) is 3.45. The zero-order valence-corrected chi connectivity index (χ0v) is 10.7. The predicted molar refractivity (Wildman–Crippen MR) is 70.9 cm³/mol. The van der Waals surface area contributed by atoms with Crippen LogP contribution in [-0.2, 0) is 0 Å². The third-order valence-electron chi connectivity index (χ3n) is 2.30. The smallest absolute Gasteiger partial charge is 0.251 e. The number of benzene rings is 1. The fraction of sp³-hybridized carbons (Fsp3) is 0.417. The second kappa shape index (κ2) is 5.80. The van der Waals surface area contributed by atoms with E-state index in [-0.39, 0.29) is 11.9 Å². The molecule has 1 unspecified atom stereocenters. The van der Waals surface area contributed by atoms with Gasteiger partial charge in [-0.05, 0) is 37.8 Å². The molecule has 3 N–H and O–H groups in total. The Balaban J connectivity index is 2.76. The number of thioether (sulfide) groups is 1. The van der Waals surface area contributed by atoms with Crippen LogP contribution in [0.25, 0.3) is 0 Å². The first-order valence-corrected chi connectivity index (χ1v) is 6.60. The SMILES string of the molecule is CSCC(C)NC(=O)c1cc(N)ccc1C. The van der Waals surface area contributed by atoms with Crippen molar-refractivity contribution in [2.75, 3.05) is 17.7 Å². The van der Waals surface area contributed by atoms with Crippen LogP contribution in [0.2, 0.25) is 0 Å². The Labute approximate surface area is 101 Å². The number of hydrogen-bond donors (Lipinski definition) is 2. The minimum absolute atomic E-state index is 0.0497. The van der Waals surface area contributed by atoms with Gasteiger partial charge in [0.15, 0.2) is 0 Å². The van der Waals surface area contributed by atoms with Gasteiger partial charge in [-0.3, -0.25) is 4.79 Å². The van der Waals surface area contributed by atoms with Gasteiger partial charge in [0.1, 0.15) is 0 Å². The first-order valence-electron chi connectivity index (χ1n) is 5.20. The largest absolute Gasteiger partial charge is 0.399 e. The summed E-state index contributed by atoms with van der Waals surface area (Å²) < 4.78 is 0. The number of carbonyl (C=O) groups excluding carboxylic acids is 1. The maximum atomic E-state index is 11.9. The number of hydrogen-bond acceptors (Lipinski definition) is 3. The maximum Gasteiger partial charge on any atom is 0.251 e. The van der Waals surface area contributed by atoms with E-state index in [0.29, 0.717) is 11.3 Å². The van der Waals surface area contributed by atoms with Gasteiger partial charge in [-0.25, -0.2) is 0 Å². The van der Waals surface area contributed by atoms with Crippen molar-refractivity contribution in [1.29, 1.82) is 0 Å². The van der Waals surface area contributed by atoms with Crippen LogP contribution in [0.4, 0.5) is 5.69 Å². The van der Waals surface area contributed by atoms with Crippen molar-refractivity contribution in [2.45, 2.75) is 19.9 Å². The molecule has 0 aromatic heterocycles. The lowest BCUT2D eigenvalue weighted by atomic mass is 10.1. The first-order chi connectivity index (χ1) is 7.54. The molecule has 4 heteroatoms. The van der Waals surface area contributed by atoms with Crippen molar-refractivity contribution in [2.24, 2.45) is 0 Å². The van der Waals surface area contributed by atoms with E-state index < -0.39 is 0 Å². The van der Waals surface area contributed by atoms with E-state index in [0.717, 1.165) is 11.3 Å². The van der Waals surface area contributed by atoms with E-state index in [1.807, 2.05) is 26.2 Å². The zero-order valence-electron chi connectivity index (χ0n) is 9.91. The Kier molecular flexibility index (Phi) is 4.68. The molecular formula is C12H18N2OS. The molecule has 88 valence electrons. The van der Waals surface area contributed by atoms with Crippen LogP contribution in [0.15, 0.2) is 18.2 Å². The van der Waals surface area contributed by atoms with Crippen LogP contribution < -0.4 is 11.1 Å². The summed E-state index contributed by atoms with van der Waals surface area (Å²) in [6.07, 6.45) is 2.02. The number of rotatable bonds is 4. The Hall–Kier alpha value is -1.16. The minimum Gasteiger partial charge on any atom is -0.399 e. The highest BCUT2D eigenvalue weighted by molar-refractivity contribution is 7.98. The van der Waals surface area contributed by atoms with Crippen molar-refractivity contribution in [1.82, 2.24) is 5.32 Å². The predicted octanol–water partition coefficient (Wildman–Crippen LogP) is 2.06. The molecule has 0 heterocycles. The molecule has 0 aliphatic carbocycles. The van der Waals surface area contributed by atoms with Gasteiger partial charge in [0, 0.05) is 23.0 Å². The van der Waals surface area contributed by atoms with E-state index in [2.05, 4.69) is 5.32 Å². The molecule has 0 fully saturated rings. The van der Waals surface area contributed by atoms with Crippen molar-refractivity contribution in [3.05, 3.63) is 29.3 Å². The quantitative estimate of drug-likeness (QED) is 0.789. The average molecular weight is 238 g/mol. The Bertz CT molecular complexity index is 379. The summed E-state index contributed by atoms with van der Waals surface area (Å²) in [5.41, 5.74) is 7.90. The molecule has 0 spiro atoms. The van der Waals surface area contributed by atoms with Gasteiger partial charge < -0.3 is 11.1 Å². The van der Waals surface area contributed by atoms with Gasteiger partial charge in [-0.1, -0.05) is 6.07 Å². The summed E-state index contributed by atoms with van der Waals surface area (Å²) in [5, 5.41) is 2.95. The van der Waals surface area contributed by atoms with Gasteiger partial charge in [0.25, 0.3) is 5.91 Å². The molecule has 1 amide bonds. The normalized spacial score (nSPS) is 12.2. The van der Waals surface area contributed by atoms with Gasteiger partial charge in [0.05, 0.1) is 0 Å². The first kappa shape index (κ1) is 12.9. The number of nitrogens with one attached hydrogen (secondary N) is 1. The molecule has 1 aromatic carbocycles. The number of anilines is 1. The molecule has 1 atom stereocenters. The summed E-state index contributed by atoms with van der Waals surface area (Å²) in [4.78, 5) is 11.9. The number of nitrogen functional groups attached to an aromatic ring is 1. The summed E-state index contributed by atoms with van der Waals surface area (Å²) >= 11 is 1.71. The molecule has 0 saturated heterocycles. The van der Waals surface area contributed by atoms with Crippen LogP contribution in [-0.4, -0.2) is 24.0 Å². The van der Waals surface area contributed by atoms with Crippen LogP contribution in [0.1, 0.15) is 22.8 Å². The van der Waals surface area contributed by atoms with Gasteiger partial charge in [-0.15, -0.1) is 0 Å². The number of amides is 1. The number of nitrogens with two attached hydrogens (primary N) is 1. The van der Waals surface area contributed by atoms with Gasteiger partial charge >= 0.3 is 0 Å². The molecule has 0 saturated carbocycles. The molecule has 3 nitrogen and oxygen atoms in total. The van der Waals surface area contributed by atoms with E-state index in [1.54, 1.807) is 23.9 Å². The second-order valence-electron chi connectivity index (χ2n) is 3.90. The van der Waals surface area contributed by atoms with Crippen molar-refractivity contribution in [3.63, 3.8) is 0 Å². The van der Waals surface area contributed by atoms with Gasteiger partial charge in [0.2, 0.25) is 0 Å². The summed E-state index contributed by atoms with van der Waals surface area (Å²) in [7, 11) is 0. The summed E-state index contributed by atoms with van der Waals surface area (Å²) in [6, 6.07) is 5.56. The van der Waals surface area contributed by atoms with E-state index in [4.69, 9.17) is 5.73 Å². The summed E-state index contributed by atoms with van der Waals surface area (Å²) in [5.74, 6) is 0.860. The lowest BCUT2D eigenvalue weighted by Gasteiger charge is -2.14. The Morgan fingerprint density at radius 2 is 2.25 bits per heavy atom. The standard InChI is InChI=1S/C12H18N2OS/c1-8-4-5-10(13)6-11(8)12(15)14-9(2)7-16-3/h4-6,9H,7,13H2,1-3H3,(H,14,15). The minimum atomic E-state index is -0.0497. The third-order valence-corrected chi connectivity index (χ3v) is 3.13. The molecular weight excluding hydrogens is 220 g/mol. The van der Waals surface area contributed by atoms with Crippen LogP contribution in [0.5, 0.6) is 0 Å². The lowest BCUT2D eigenvalue weighted by Crippen LogP contribution is -2.34. The average Bonchev–Trinajstić information content (AvgIpc) is 2.21. The molecule has 0 bridgehead atoms. The topological polar surface area (TPSA) is 55.1 Å². The van der Waals surface area contributed by atoms with E-state index >= 15 is 0 Å². The molecule has 1 rings (SSSR count). The fourth-order valence-corrected chi connectivity index (χ4v) is 2.06. The van der Waals surface area contributed by atoms with Gasteiger partial charge in [-0.2, -0.15) is 11.8 Å². The number of carbonyl (C=O) groups is 1. The van der Waals surface area contributed by atoms with Crippen LogP contribution in [0.3, 0.4) is 0 Å². The van der Waals surface area contributed by atoms with E-state index in [1.165, 1.54) is 0 Å². The van der Waals surface area contributed by atoms with Crippen LogP contribution in [0, 0.1) is 6.92 Å². The highest BCUT2D eigenvalue weighted by Gasteiger charge is 2.11. The monoisotopic (exact) mass is 238 g/mol. The van der Waals surface area contributed by atoms with Crippen LogP contribution >= 0.6 is 11.8 Å². The van der Waals surface area contributed by atoms with Crippen molar-refractivity contribution >= 4 is 23.4 Å². The van der Waals surface area contributed by atoms with E-state index in [9.17, 15) is 4.79 Å². The summed E-state index contributed by atoms with van der Waals surface area (Å²) in [6.45, 7) is 3.91. The molecule has 0 aliphatic rings. The molecule has 16 heavy (non-hydrogen) atoms. The lowest BCUT2D eigenvalue weighted by molar-refractivity contribution is 0.0943. The highest BCUT2D eigenvalue weighted by atomic mass is 32.2. The second-order valence-corrected chi connectivity index (χ2v) is 4.81. The highest BCUT2D eigenvalue weighted by Crippen LogP contribution is 2.12.